The van der Waals surface area contributed by atoms with E-state index in [9.17, 15) is 5.26 Å². The SMILES string of the molecule is CNC1(C#N)CCCC(N2CCC(C(C)C)CC2)C1. The third-order valence-corrected chi connectivity index (χ3v) is 5.45. The lowest BCUT2D eigenvalue weighted by Crippen LogP contribution is -2.53. The number of piperidine rings is 1. The van der Waals surface area contributed by atoms with Crippen LogP contribution in [0.5, 0.6) is 0 Å². The van der Waals surface area contributed by atoms with E-state index in [0.717, 1.165) is 24.7 Å². The van der Waals surface area contributed by atoms with Crippen LogP contribution in [-0.2, 0) is 0 Å². The van der Waals surface area contributed by atoms with Crippen LogP contribution < -0.4 is 5.32 Å². The lowest BCUT2D eigenvalue weighted by Gasteiger charge is -2.44. The van der Waals surface area contributed by atoms with Crippen molar-refractivity contribution in [2.75, 3.05) is 20.1 Å². The Morgan fingerprint density at radius 2 is 1.95 bits per heavy atom. The van der Waals surface area contributed by atoms with Crippen molar-refractivity contribution < 1.29 is 0 Å². The van der Waals surface area contributed by atoms with E-state index in [-0.39, 0.29) is 5.54 Å². The average molecular weight is 263 g/mol. The molecule has 1 aliphatic carbocycles. The summed E-state index contributed by atoms with van der Waals surface area (Å²) in [5.41, 5.74) is -0.266. The Bertz CT molecular complexity index is 325. The van der Waals surface area contributed by atoms with Gasteiger partial charge in [-0.2, -0.15) is 5.26 Å². The summed E-state index contributed by atoms with van der Waals surface area (Å²) in [5, 5.41) is 12.7. The summed E-state index contributed by atoms with van der Waals surface area (Å²) in [6.45, 7) is 7.17. The highest BCUT2D eigenvalue weighted by Crippen LogP contribution is 2.33. The van der Waals surface area contributed by atoms with Crippen LogP contribution in [0, 0.1) is 23.2 Å². The maximum Gasteiger partial charge on any atom is 0.108 e. The first-order valence-corrected chi connectivity index (χ1v) is 7.94. The fourth-order valence-electron chi connectivity index (χ4n) is 3.89. The van der Waals surface area contributed by atoms with Crippen LogP contribution in [0.3, 0.4) is 0 Å². The molecule has 2 fully saturated rings. The zero-order valence-electron chi connectivity index (χ0n) is 12.8. The van der Waals surface area contributed by atoms with E-state index in [0.29, 0.717) is 6.04 Å². The predicted molar refractivity (Wildman–Crippen MR) is 78.8 cm³/mol. The third kappa shape index (κ3) is 3.30. The van der Waals surface area contributed by atoms with E-state index in [1.54, 1.807) is 0 Å². The molecule has 1 saturated heterocycles. The smallest absolute Gasteiger partial charge is 0.108 e. The van der Waals surface area contributed by atoms with Gasteiger partial charge in [0.25, 0.3) is 0 Å². The Kier molecular flexibility index (Phi) is 4.86. The fourth-order valence-corrected chi connectivity index (χ4v) is 3.89. The number of hydrogen-bond donors (Lipinski definition) is 1. The highest BCUT2D eigenvalue weighted by atomic mass is 15.2. The normalized spacial score (nSPS) is 34.4. The molecular formula is C16H29N3. The second-order valence-electron chi connectivity index (χ2n) is 6.81. The molecule has 2 atom stereocenters. The van der Waals surface area contributed by atoms with Crippen molar-refractivity contribution in [3.8, 4) is 6.07 Å². The predicted octanol–water partition coefficient (Wildman–Crippen LogP) is 2.78. The Labute approximate surface area is 118 Å². The monoisotopic (exact) mass is 263 g/mol. The van der Waals surface area contributed by atoms with Crippen LogP contribution in [0.25, 0.3) is 0 Å². The summed E-state index contributed by atoms with van der Waals surface area (Å²) in [4.78, 5) is 2.65. The average Bonchev–Trinajstić information content (AvgIpc) is 2.47. The number of nitrogens with one attached hydrogen (secondary N) is 1. The van der Waals surface area contributed by atoms with E-state index >= 15 is 0 Å². The molecule has 0 spiro atoms. The van der Waals surface area contributed by atoms with Crippen LogP contribution in [-0.4, -0.2) is 36.6 Å². The van der Waals surface area contributed by atoms with Gasteiger partial charge in [0.05, 0.1) is 6.07 Å². The zero-order valence-corrected chi connectivity index (χ0v) is 12.8. The van der Waals surface area contributed by atoms with Gasteiger partial charge in [-0.15, -0.1) is 0 Å². The first-order chi connectivity index (χ1) is 9.10. The standard InChI is InChI=1S/C16H29N3/c1-13(2)14-6-9-19(10-7-14)15-5-4-8-16(11-15,12-17)18-3/h13-15,18H,4-11H2,1-3H3. The highest BCUT2D eigenvalue weighted by molar-refractivity contribution is 5.10. The van der Waals surface area contributed by atoms with Crippen molar-refractivity contribution in [1.29, 1.82) is 5.26 Å². The lowest BCUT2D eigenvalue weighted by molar-refractivity contribution is 0.0753. The van der Waals surface area contributed by atoms with Crippen LogP contribution in [0.1, 0.15) is 52.4 Å². The van der Waals surface area contributed by atoms with Crippen LogP contribution in [0.15, 0.2) is 0 Å². The number of nitrogens with zero attached hydrogens (tertiary/aromatic N) is 2. The maximum absolute atomic E-state index is 9.44. The van der Waals surface area contributed by atoms with E-state index < -0.39 is 0 Å². The van der Waals surface area contributed by atoms with Crippen molar-refractivity contribution in [2.24, 2.45) is 11.8 Å². The topological polar surface area (TPSA) is 39.1 Å². The van der Waals surface area contributed by atoms with E-state index in [4.69, 9.17) is 0 Å². The van der Waals surface area contributed by atoms with Crippen molar-refractivity contribution >= 4 is 0 Å². The molecule has 0 aromatic rings. The molecule has 19 heavy (non-hydrogen) atoms. The molecule has 2 unspecified atom stereocenters. The summed E-state index contributed by atoms with van der Waals surface area (Å²) in [6, 6.07) is 3.14. The lowest BCUT2D eigenvalue weighted by atomic mass is 9.78. The molecule has 2 aliphatic rings. The van der Waals surface area contributed by atoms with Gasteiger partial charge in [-0.25, -0.2) is 0 Å². The summed E-state index contributed by atoms with van der Waals surface area (Å²) in [5.74, 6) is 1.73. The molecule has 1 saturated carbocycles. The van der Waals surface area contributed by atoms with Crippen LogP contribution >= 0.6 is 0 Å². The molecule has 1 N–H and O–H groups in total. The molecule has 0 radical (unpaired) electrons. The zero-order chi connectivity index (χ0) is 13.9. The van der Waals surface area contributed by atoms with Gasteiger partial charge in [-0.1, -0.05) is 13.8 Å². The quantitative estimate of drug-likeness (QED) is 0.851. The van der Waals surface area contributed by atoms with Crippen molar-refractivity contribution in [2.45, 2.75) is 64.0 Å². The van der Waals surface area contributed by atoms with Gasteiger partial charge in [-0.3, -0.25) is 0 Å². The number of likely N-dealkylation sites (tertiary alicyclic amines) is 1. The van der Waals surface area contributed by atoms with Crippen LogP contribution in [0.4, 0.5) is 0 Å². The van der Waals surface area contributed by atoms with E-state index in [1.807, 2.05) is 7.05 Å². The molecule has 0 amide bonds. The first kappa shape index (κ1) is 14.8. The van der Waals surface area contributed by atoms with Gasteiger partial charge in [0.15, 0.2) is 0 Å². The second kappa shape index (κ2) is 6.24. The molecule has 0 aromatic carbocycles. The molecular weight excluding hydrogens is 234 g/mol. The minimum Gasteiger partial charge on any atom is -0.302 e. The highest BCUT2D eigenvalue weighted by Gasteiger charge is 2.38. The summed E-state index contributed by atoms with van der Waals surface area (Å²) >= 11 is 0. The first-order valence-electron chi connectivity index (χ1n) is 7.94. The van der Waals surface area contributed by atoms with Gasteiger partial charge in [0.1, 0.15) is 5.54 Å². The van der Waals surface area contributed by atoms with Crippen molar-refractivity contribution in [3.63, 3.8) is 0 Å². The summed E-state index contributed by atoms with van der Waals surface area (Å²) < 4.78 is 0. The molecule has 0 bridgehead atoms. The van der Waals surface area contributed by atoms with Crippen LogP contribution in [0.2, 0.25) is 0 Å². The molecule has 108 valence electrons. The summed E-state index contributed by atoms with van der Waals surface area (Å²) in [6.07, 6.45) is 7.16. The Hall–Kier alpha value is -0.590. The third-order valence-electron chi connectivity index (χ3n) is 5.45. The number of hydrogen-bond acceptors (Lipinski definition) is 3. The van der Waals surface area contributed by atoms with Crippen molar-refractivity contribution in [3.05, 3.63) is 0 Å². The maximum atomic E-state index is 9.44. The van der Waals surface area contributed by atoms with E-state index in [2.05, 4.69) is 30.1 Å². The second-order valence-corrected chi connectivity index (χ2v) is 6.81. The van der Waals surface area contributed by atoms with Gasteiger partial charge in [0.2, 0.25) is 0 Å². The molecule has 2 rings (SSSR count). The Balaban J connectivity index is 1.91. The van der Waals surface area contributed by atoms with Gasteiger partial charge in [-0.05, 0) is 70.5 Å². The molecule has 1 aliphatic heterocycles. The Morgan fingerprint density at radius 3 is 2.47 bits per heavy atom. The van der Waals surface area contributed by atoms with E-state index in [1.165, 1.54) is 38.8 Å². The van der Waals surface area contributed by atoms with Gasteiger partial charge < -0.3 is 10.2 Å². The minimum absolute atomic E-state index is 0.266. The minimum atomic E-state index is -0.266. The number of rotatable bonds is 3. The largest absolute Gasteiger partial charge is 0.302 e. The van der Waals surface area contributed by atoms with Gasteiger partial charge >= 0.3 is 0 Å². The van der Waals surface area contributed by atoms with Gasteiger partial charge in [0, 0.05) is 6.04 Å². The summed E-state index contributed by atoms with van der Waals surface area (Å²) in [7, 11) is 1.94. The molecule has 0 aromatic heterocycles. The fraction of sp³-hybridized carbons (Fsp3) is 0.938. The molecule has 3 nitrogen and oxygen atoms in total. The molecule has 1 heterocycles. The Morgan fingerprint density at radius 1 is 1.26 bits per heavy atom. The van der Waals surface area contributed by atoms with Crippen molar-refractivity contribution in [1.82, 2.24) is 10.2 Å². The molecule has 3 heteroatoms. The number of nitriles is 1.